The van der Waals surface area contributed by atoms with E-state index in [1.54, 1.807) is 0 Å². The van der Waals surface area contributed by atoms with Gasteiger partial charge in [0.2, 0.25) is 0 Å². The van der Waals surface area contributed by atoms with Crippen LogP contribution in [0.2, 0.25) is 0 Å². The van der Waals surface area contributed by atoms with Crippen molar-refractivity contribution in [1.82, 2.24) is 5.32 Å². The second-order valence-corrected chi connectivity index (χ2v) is 6.76. The highest BCUT2D eigenvalue weighted by Crippen LogP contribution is 2.44. The molecule has 4 nitrogen and oxygen atoms in total. The first-order valence-electron chi connectivity index (χ1n) is 7.96. The lowest BCUT2D eigenvalue weighted by Gasteiger charge is -2.32. The summed E-state index contributed by atoms with van der Waals surface area (Å²) in [5.74, 6) is 1.62. The molecule has 19 heavy (non-hydrogen) atoms. The van der Waals surface area contributed by atoms with E-state index in [4.69, 9.17) is 14.2 Å². The molecule has 0 amide bonds. The Morgan fingerprint density at radius 2 is 2.00 bits per heavy atom. The topological polar surface area (TPSA) is 39.7 Å². The third-order valence-corrected chi connectivity index (χ3v) is 5.51. The van der Waals surface area contributed by atoms with Crippen LogP contribution in [0.4, 0.5) is 0 Å². The van der Waals surface area contributed by atoms with Crippen molar-refractivity contribution < 1.29 is 14.2 Å². The fraction of sp³-hybridized carbons (Fsp3) is 1.00. The average Bonchev–Trinajstić information content (AvgIpc) is 3.13. The van der Waals surface area contributed by atoms with Gasteiger partial charge in [-0.3, -0.25) is 0 Å². The van der Waals surface area contributed by atoms with Gasteiger partial charge in [-0.25, -0.2) is 0 Å². The van der Waals surface area contributed by atoms with Gasteiger partial charge in [0.1, 0.15) is 0 Å². The van der Waals surface area contributed by atoms with E-state index in [0.717, 1.165) is 57.1 Å². The molecule has 0 radical (unpaired) electrons. The average molecular weight is 267 g/mol. The van der Waals surface area contributed by atoms with Gasteiger partial charge in [-0.2, -0.15) is 0 Å². The molecule has 4 atom stereocenters. The third kappa shape index (κ3) is 2.44. The number of hydrogen-bond donors (Lipinski definition) is 1. The Bertz CT molecular complexity index is 329. The predicted molar refractivity (Wildman–Crippen MR) is 70.8 cm³/mol. The second kappa shape index (κ2) is 4.99. The van der Waals surface area contributed by atoms with E-state index in [0.29, 0.717) is 0 Å². The highest BCUT2D eigenvalue weighted by molar-refractivity contribution is 4.94. The summed E-state index contributed by atoms with van der Waals surface area (Å²) in [4.78, 5) is 0. The van der Waals surface area contributed by atoms with Gasteiger partial charge in [0, 0.05) is 25.4 Å². The van der Waals surface area contributed by atoms with Crippen LogP contribution in [0.15, 0.2) is 0 Å². The highest BCUT2D eigenvalue weighted by Gasteiger charge is 2.44. The lowest BCUT2D eigenvalue weighted by atomic mass is 9.95. The summed E-state index contributed by atoms with van der Waals surface area (Å²) in [6.45, 7) is 3.24. The van der Waals surface area contributed by atoms with E-state index >= 15 is 0 Å². The SMILES string of the molecule is C1CC2(CCO1)OC[C@H](CN[C@@H]1C[C@H]3CC[C@H]1C3)O2. The van der Waals surface area contributed by atoms with Gasteiger partial charge in [-0.15, -0.1) is 0 Å². The summed E-state index contributed by atoms with van der Waals surface area (Å²) in [7, 11) is 0. The first-order valence-corrected chi connectivity index (χ1v) is 7.96. The molecule has 4 rings (SSSR count). The van der Waals surface area contributed by atoms with Crippen LogP contribution in [0.5, 0.6) is 0 Å². The van der Waals surface area contributed by atoms with Crippen molar-refractivity contribution in [2.75, 3.05) is 26.4 Å². The summed E-state index contributed by atoms with van der Waals surface area (Å²) < 4.78 is 17.5. The van der Waals surface area contributed by atoms with Gasteiger partial charge >= 0.3 is 0 Å². The van der Waals surface area contributed by atoms with Crippen molar-refractivity contribution >= 4 is 0 Å². The molecule has 0 aromatic rings. The summed E-state index contributed by atoms with van der Waals surface area (Å²) >= 11 is 0. The monoisotopic (exact) mass is 267 g/mol. The Morgan fingerprint density at radius 3 is 2.74 bits per heavy atom. The van der Waals surface area contributed by atoms with Gasteiger partial charge in [0.05, 0.1) is 25.9 Å². The number of rotatable bonds is 3. The smallest absolute Gasteiger partial charge is 0.173 e. The zero-order valence-corrected chi connectivity index (χ0v) is 11.6. The second-order valence-electron chi connectivity index (χ2n) is 6.76. The Labute approximate surface area is 115 Å². The van der Waals surface area contributed by atoms with Gasteiger partial charge in [0.15, 0.2) is 5.79 Å². The van der Waals surface area contributed by atoms with Crippen LogP contribution in [0.3, 0.4) is 0 Å². The van der Waals surface area contributed by atoms with Crippen molar-refractivity contribution in [1.29, 1.82) is 0 Å². The molecule has 2 heterocycles. The number of hydrogen-bond acceptors (Lipinski definition) is 4. The maximum Gasteiger partial charge on any atom is 0.173 e. The maximum atomic E-state index is 6.17. The minimum Gasteiger partial charge on any atom is -0.381 e. The summed E-state index contributed by atoms with van der Waals surface area (Å²) in [5, 5.41) is 3.74. The van der Waals surface area contributed by atoms with E-state index in [9.17, 15) is 0 Å². The van der Waals surface area contributed by atoms with Crippen molar-refractivity contribution in [2.24, 2.45) is 11.8 Å². The lowest BCUT2D eigenvalue weighted by molar-refractivity contribution is -0.210. The van der Waals surface area contributed by atoms with Crippen molar-refractivity contribution in [2.45, 2.75) is 56.5 Å². The fourth-order valence-corrected chi connectivity index (χ4v) is 4.44. The molecule has 2 aliphatic carbocycles. The van der Waals surface area contributed by atoms with Crippen LogP contribution in [0.25, 0.3) is 0 Å². The minimum absolute atomic E-state index is 0.234. The largest absolute Gasteiger partial charge is 0.381 e. The summed E-state index contributed by atoms with van der Waals surface area (Å²) in [6.07, 6.45) is 7.76. The van der Waals surface area contributed by atoms with Gasteiger partial charge < -0.3 is 19.5 Å². The molecule has 2 bridgehead atoms. The molecule has 4 heteroatoms. The quantitative estimate of drug-likeness (QED) is 0.844. The van der Waals surface area contributed by atoms with E-state index in [2.05, 4.69) is 5.32 Å². The van der Waals surface area contributed by atoms with Crippen molar-refractivity contribution in [3.63, 3.8) is 0 Å². The standard InChI is InChI=1S/C15H25NO3/c1-2-12-7-11(1)8-14(12)16-9-13-10-18-15(19-13)3-5-17-6-4-15/h11-14,16H,1-10H2/t11-,12-,13-,14+/m0/s1. The molecule has 2 aliphatic heterocycles. The molecule has 0 unspecified atom stereocenters. The third-order valence-electron chi connectivity index (χ3n) is 5.51. The van der Waals surface area contributed by atoms with Gasteiger partial charge in [-0.1, -0.05) is 6.42 Å². The zero-order valence-electron chi connectivity index (χ0n) is 11.6. The minimum atomic E-state index is -0.320. The molecule has 4 aliphatic rings. The molecular weight excluding hydrogens is 242 g/mol. The molecule has 1 N–H and O–H groups in total. The Kier molecular flexibility index (Phi) is 3.30. The highest BCUT2D eigenvalue weighted by atomic mass is 16.7. The molecule has 0 aromatic heterocycles. The summed E-state index contributed by atoms with van der Waals surface area (Å²) in [5.41, 5.74) is 0. The van der Waals surface area contributed by atoms with Gasteiger partial charge in [-0.05, 0) is 31.1 Å². The van der Waals surface area contributed by atoms with Crippen LogP contribution >= 0.6 is 0 Å². The van der Waals surface area contributed by atoms with E-state index < -0.39 is 0 Å². The molecule has 2 saturated heterocycles. The van der Waals surface area contributed by atoms with Crippen molar-refractivity contribution in [3.8, 4) is 0 Å². The van der Waals surface area contributed by atoms with Crippen LogP contribution in [0.1, 0.15) is 38.5 Å². The van der Waals surface area contributed by atoms with E-state index in [1.165, 1.54) is 25.7 Å². The Hall–Kier alpha value is -0.160. The Balaban J connectivity index is 1.26. The number of fused-ring (bicyclic) bond motifs is 2. The first-order chi connectivity index (χ1) is 9.33. The number of ether oxygens (including phenoxy) is 3. The zero-order chi connectivity index (χ0) is 12.7. The van der Waals surface area contributed by atoms with E-state index in [1.807, 2.05) is 0 Å². The maximum absolute atomic E-state index is 6.17. The van der Waals surface area contributed by atoms with Crippen LogP contribution < -0.4 is 5.32 Å². The van der Waals surface area contributed by atoms with Crippen LogP contribution in [-0.4, -0.2) is 44.3 Å². The van der Waals surface area contributed by atoms with Crippen LogP contribution in [-0.2, 0) is 14.2 Å². The first kappa shape index (κ1) is 12.6. The molecule has 1 spiro atoms. The lowest BCUT2D eigenvalue weighted by Crippen LogP contribution is -2.42. The molecule has 2 saturated carbocycles. The van der Waals surface area contributed by atoms with Crippen LogP contribution in [0, 0.1) is 11.8 Å². The van der Waals surface area contributed by atoms with Crippen molar-refractivity contribution in [3.05, 3.63) is 0 Å². The van der Waals surface area contributed by atoms with Gasteiger partial charge in [0.25, 0.3) is 0 Å². The normalized spacial score (nSPS) is 44.2. The molecule has 4 fully saturated rings. The Morgan fingerprint density at radius 1 is 1.11 bits per heavy atom. The molecular formula is C15H25NO3. The number of nitrogens with one attached hydrogen (secondary N) is 1. The fourth-order valence-electron chi connectivity index (χ4n) is 4.44. The van der Waals surface area contributed by atoms with E-state index in [-0.39, 0.29) is 11.9 Å². The molecule has 108 valence electrons. The summed E-state index contributed by atoms with van der Waals surface area (Å²) in [6, 6.07) is 0.744. The predicted octanol–water partition coefficient (Wildman–Crippen LogP) is 1.69. The molecule has 0 aromatic carbocycles.